The van der Waals surface area contributed by atoms with E-state index in [2.05, 4.69) is 24.9 Å². The number of hydrogen-bond donors (Lipinski definition) is 2. The number of nitrogens with zero attached hydrogens (tertiary/aromatic N) is 3. The Balaban J connectivity index is 2.06. The molecule has 2 heterocycles. The molecule has 108 valence electrons. The molecule has 0 bridgehead atoms. The van der Waals surface area contributed by atoms with Crippen molar-refractivity contribution in [2.24, 2.45) is 0 Å². The second-order valence-electron chi connectivity index (χ2n) is 4.32. The van der Waals surface area contributed by atoms with Crippen molar-refractivity contribution in [1.29, 1.82) is 0 Å². The van der Waals surface area contributed by atoms with E-state index in [0.717, 1.165) is 0 Å². The molecule has 0 unspecified atom stereocenters. The Morgan fingerprint density at radius 1 is 1.19 bits per heavy atom. The smallest absolute Gasteiger partial charge is 0.266 e. The number of aryl methyl sites for hydroxylation is 1. The van der Waals surface area contributed by atoms with E-state index < -0.39 is 10.0 Å². The molecular weight excluding hydrogens is 314 g/mol. The highest BCUT2D eigenvalue weighted by Gasteiger charge is 2.21. The predicted octanol–water partition coefficient (Wildman–Crippen LogP) is 2.12. The molecule has 1 aromatic carbocycles. The van der Waals surface area contributed by atoms with Crippen molar-refractivity contribution in [2.45, 2.75) is 11.8 Å². The Bertz CT molecular complexity index is 922. The van der Waals surface area contributed by atoms with Gasteiger partial charge in [0, 0.05) is 0 Å². The van der Waals surface area contributed by atoms with Gasteiger partial charge in [0.1, 0.15) is 4.90 Å². The summed E-state index contributed by atoms with van der Waals surface area (Å²) in [6.07, 6.45) is 1.22. The van der Waals surface area contributed by atoms with Gasteiger partial charge in [0.05, 0.1) is 22.9 Å². The largest absolute Gasteiger partial charge is 0.281 e. The molecule has 0 fully saturated rings. The van der Waals surface area contributed by atoms with Gasteiger partial charge >= 0.3 is 0 Å². The maximum Gasteiger partial charge on any atom is 0.266 e. The van der Waals surface area contributed by atoms with Crippen LogP contribution in [0, 0.1) is 6.92 Å². The zero-order valence-electron chi connectivity index (χ0n) is 10.8. The summed E-state index contributed by atoms with van der Waals surface area (Å²) in [5.74, 6) is -0.0176. The Labute approximate surface area is 125 Å². The van der Waals surface area contributed by atoms with Crippen LogP contribution in [0.2, 0.25) is 5.15 Å². The fraction of sp³-hybridized carbons (Fsp3) is 0.0833. The average Bonchev–Trinajstić information content (AvgIpc) is 2.86. The van der Waals surface area contributed by atoms with E-state index in [0.29, 0.717) is 16.7 Å². The van der Waals surface area contributed by atoms with Crippen molar-refractivity contribution >= 4 is 38.5 Å². The third-order valence-electron chi connectivity index (χ3n) is 2.83. The van der Waals surface area contributed by atoms with Gasteiger partial charge in [0.25, 0.3) is 10.0 Å². The molecule has 0 aliphatic carbocycles. The zero-order valence-corrected chi connectivity index (χ0v) is 12.4. The van der Waals surface area contributed by atoms with E-state index in [1.807, 2.05) is 0 Å². The lowest BCUT2D eigenvalue weighted by atomic mass is 10.3. The number of fused-ring (bicyclic) bond motifs is 1. The van der Waals surface area contributed by atoms with Gasteiger partial charge in [-0.3, -0.25) is 9.82 Å². The van der Waals surface area contributed by atoms with Crippen LogP contribution in [-0.4, -0.2) is 28.6 Å². The first kappa shape index (κ1) is 13.8. The first-order valence-corrected chi connectivity index (χ1v) is 7.78. The summed E-state index contributed by atoms with van der Waals surface area (Å²) < 4.78 is 26.9. The van der Waals surface area contributed by atoms with Gasteiger partial charge in [0.15, 0.2) is 11.0 Å². The van der Waals surface area contributed by atoms with Crippen molar-refractivity contribution in [3.8, 4) is 0 Å². The predicted molar refractivity (Wildman–Crippen MR) is 78.7 cm³/mol. The number of aromatic amines is 1. The molecule has 0 spiro atoms. The van der Waals surface area contributed by atoms with Crippen LogP contribution in [-0.2, 0) is 10.0 Å². The third kappa shape index (κ3) is 2.55. The Morgan fingerprint density at radius 2 is 1.86 bits per heavy atom. The molecule has 3 aromatic rings. The maximum absolute atomic E-state index is 12.3. The lowest BCUT2D eigenvalue weighted by Crippen LogP contribution is -2.15. The number of H-pyrrole nitrogens is 1. The quantitative estimate of drug-likeness (QED) is 0.768. The molecular formula is C12H10ClN5O2S. The highest BCUT2D eigenvalue weighted by atomic mass is 35.5. The molecule has 21 heavy (non-hydrogen) atoms. The van der Waals surface area contributed by atoms with Gasteiger partial charge in [-0.05, 0) is 19.1 Å². The number of nitrogens with one attached hydrogen (secondary N) is 2. The van der Waals surface area contributed by atoms with Gasteiger partial charge in [0.2, 0.25) is 0 Å². The molecule has 0 aliphatic heterocycles. The SMILES string of the molecule is Cc1[nH]ncc1S(=O)(=O)Nc1nc2ccccc2nc1Cl. The highest BCUT2D eigenvalue weighted by Crippen LogP contribution is 2.24. The summed E-state index contributed by atoms with van der Waals surface area (Å²) in [7, 11) is -3.82. The first-order valence-electron chi connectivity index (χ1n) is 5.92. The summed E-state index contributed by atoms with van der Waals surface area (Å²) in [6.45, 7) is 1.61. The molecule has 2 aromatic heterocycles. The number of rotatable bonds is 3. The fourth-order valence-corrected chi connectivity index (χ4v) is 3.22. The van der Waals surface area contributed by atoms with Crippen molar-refractivity contribution in [3.05, 3.63) is 41.3 Å². The number of aromatic nitrogens is 4. The van der Waals surface area contributed by atoms with Crippen molar-refractivity contribution in [3.63, 3.8) is 0 Å². The summed E-state index contributed by atoms with van der Waals surface area (Å²) in [4.78, 5) is 8.34. The number of benzene rings is 1. The van der Waals surface area contributed by atoms with Crippen molar-refractivity contribution in [1.82, 2.24) is 20.2 Å². The molecule has 0 saturated heterocycles. The minimum atomic E-state index is -3.82. The molecule has 9 heteroatoms. The second-order valence-corrected chi connectivity index (χ2v) is 6.33. The minimum absolute atomic E-state index is 0.0153. The summed E-state index contributed by atoms with van der Waals surface area (Å²) in [5, 5.41) is 6.24. The lowest BCUT2D eigenvalue weighted by Gasteiger charge is -2.08. The number of anilines is 1. The second kappa shape index (κ2) is 4.97. The van der Waals surface area contributed by atoms with Crippen molar-refractivity contribution < 1.29 is 8.42 Å². The van der Waals surface area contributed by atoms with Crippen LogP contribution in [0.15, 0.2) is 35.4 Å². The molecule has 2 N–H and O–H groups in total. The fourth-order valence-electron chi connectivity index (χ4n) is 1.84. The standard InChI is InChI=1S/C12H10ClN5O2S/c1-7-10(6-14-17-7)21(19,20)18-12-11(13)15-8-4-2-3-5-9(8)16-12/h2-6H,1H3,(H,14,17)(H,16,18). The molecule has 3 rings (SSSR count). The monoisotopic (exact) mass is 323 g/mol. The molecule has 0 saturated carbocycles. The molecule has 0 aliphatic rings. The summed E-state index contributed by atoms with van der Waals surface area (Å²) >= 11 is 5.99. The van der Waals surface area contributed by atoms with Crippen LogP contribution >= 0.6 is 11.6 Å². The third-order valence-corrected chi connectivity index (χ3v) is 4.55. The van der Waals surface area contributed by atoms with Gasteiger partial charge in [-0.1, -0.05) is 23.7 Å². The Kier molecular flexibility index (Phi) is 3.26. The molecule has 0 amide bonds. The minimum Gasteiger partial charge on any atom is -0.281 e. The normalized spacial score (nSPS) is 11.7. The van der Waals surface area contributed by atoms with Crippen LogP contribution in [0.3, 0.4) is 0 Å². The van der Waals surface area contributed by atoms with E-state index in [9.17, 15) is 8.42 Å². The Hall–Kier alpha value is -2.19. The van der Waals surface area contributed by atoms with Crippen LogP contribution < -0.4 is 4.72 Å². The van der Waals surface area contributed by atoms with E-state index in [4.69, 9.17) is 11.6 Å². The van der Waals surface area contributed by atoms with Crippen LogP contribution in [0.4, 0.5) is 5.82 Å². The van der Waals surface area contributed by atoms with E-state index >= 15 is 0 Å². The number of hydrogen-bond acceptors (Lipinski definition) is 5. The average molecular weight is 324 g/mol. The van der Waals surface area contributed by atoms with Crippen LogP contribution in [0.5, 0.6) is 0 Å². The highest BCUT2D eigenvalue weighted by molar-refractivity contribution is 7.92. The number of para-hydroxylation sites is 2. The van der Waals surface area contributed by atoms with E-state index in [1.54, 1.807) is 31.2 Å². The van der Waals surface area contributed by atoms with Gasteiger partial charge in [-0.2, -0.15) is 5.10 Å². The lowest BCUT2D eigenvalue weighted by molar-refractivity contribution is 0.600. The van der Waals surface area contributed by atoms with Gasteiger partial charge in [-0.25, -0.2) is 18.4 Å². The van der Waals surface area contributed by atoms with Gasteiger partial charge in [-0.15, -0.1) is 0 Å². The summed E-state index contributed by atoms with van der Waals surface area (Å²) in [6, 6.07) is 7.04. The summed E-state index contributed by atoms with van der Waals surface area (Å²) in [5.41, 5.74) is 1.56. The molecule has 7 nitrogen and oxygen atoms in total. The van der Waals surface area contributed by atoms with E-state index in [1.165, 1.54) is 6.20 Å². The van der Waals surface area contributed by atoms with Crippen LogP contribution in [0.1, 0.15) is 5.69 Å². The van der Waals surface area contributed by atoms with Crippen LogP contribution in [0.25, 0.3) is 11.0 Å². The topological polar surface area (TPSA) is 101 Å². The maximum atomic E-state index is 12.3. The number of halogens is 1. The number of sulfonamides is 1. The van der Waals surface area contributed by atoms with Crippen molar-refractivity contribution in [2.75, 3.05) is 4.72 Å². The zero-order chi connectivity index (χ0) is 15.0. The van der Waals surface area contributed by atoms with Gasteiger partial charge < -0.3 is 0 Å². The molecule has 0 atom stereocenters. The molecule has 0 radical (unpaired) electrons. The first-order chi connectivity index (χ1) is 9.97. The van der Waals surface area contributed by atoms with E-state index in [-0.39, 0.29) is 15.9 Å². The Morgan fingerprint density at radius 3 is 2.48 bits per heavy atom.